The number of primary sulfonamides is 2. The highest BCUT2D eigenvalue weighted by Gasteiger charge is 2.06. The molecular weight excluding hydrogens is 232 g/mol. The van der Waals surface area contributed by atoms with Gasteiger partial charge in [-0.25, -0.2) is 27.1 Å². The summed E-state index contributed by atoms with van der Waals surface area (Å²) in [5, 5.41) is 16.6. The van der Waals surface area contributed by atoms with Crippen molar-refractivity contribution in [3.8, 4) is 0 Å². The number of hydrogen-bond acceptors (Lipinski definition) is 5. The van der Waals surface area contributed by atoms with Crippen LogP contribution in [0.25, 0.3) is 0 Å². The van der Waals surface area contributed by atoms with Crippen LogP contribution in [-0.2, 0) is 20.0 Å². The maximum Gasteiger partial charge on any atom is 0.211 e. The van der Waals surface area contributed by atoms with Gasteiger partial charge < -0.3 is 5.11 Å². The van der Waals surface area contributed by atoms with E-state index in [1.165, 1.54) is 13.8 Å². The first-order valence-corrected chi connectivity index (χ1v) is 6.96. The Morgan fingerprint density at radius 3 is 1.43 bits per heavy atom. The highest BCUT2D eigenvalue weighted by Crippen LogP contribution is 1.88. The smallest absolute Gasteiger partial charge is 0.211 e. The first-order chi connectivity index (χ1) is 6.00. The van der Waals surface area contributed by atoms with Crippen LogP contribution in [0, 0.1) is 0 Å². The summed E-state index contributed by atoms with van der Waals surface area (Å²) in [6, 6.07) is 0. The molecule has 14 heavy (non-hydrogen) atoms. The van der Waals surface area contributed by atoms with Crippen molar-refractivity contribution in [3.05, 3.63) is 0 Å². The lowest BCUT2D eigenvalue weighted by atomic mass is 10.6. The van der Waals surface area contributed by atoms with Gasteiger partial charge in [-0.3, -0.25) is 0 Å². The molecule has 0 spiro atoms. The van der Waals surface area contributed by atoms with Crippen LogP contribution in [0.5, 0.6) is 0 Å². The second-order valence-electron chi connectivity index (χ2n) is 2.73. The molecule has 0 aromatic heterocycles. The molecule has 0 rings (SSSR count). The fraction of sp³-hybridized carbons (Fsp3) is 1.00. The average molecular weight is 248 g/mol. The van der Waals surface area contributed by atoms with Gasteiger partial charge in [0.25, 0.3) is 0 Å². The van der Waals surface area contributed by atoms with Crippen LogP contribution in [0.2, 0.25) is 0 Å². The zero-order chi connectivity index (χ0) is 12.0. The molecule has 0 fully saturated rings. The monoisotopic (exact) mass is 248 g/mol. The third kappa shape index (κ3) is 14.3. The topological polar surface area (TPSA) is 141 Å². The van der Waals surface area contributed by atoms with E-state index in [2.05, 4.69) is 10.3 Å². The van der Waals surface area contributed by atoms with Crippen molar-refractivity contribution in [1.82, 2.24) is 0 Å². The first-order valence-electron chi connectivity index (χ1n) is 3.63. The molecular formula is C5H16N2O5S2. The summed E-state index contributed by atoms with van der Waals surface area (Å²) in [6.45, 7) is 2.67. The van der Waals surface area contributed by atoms with E-state index >= 15 is 0 Å². The molecule has 0 radical (unpaired) electrons. The Morgan fingerprint density at radius 1 is 1.14 bits per heavy atom. The van der Waals surface area contributed by atoms with Crippen LogP contribution >= 0.6 is 0 Å². The molecule has 0 aromatic rings. The van der Waals surface area contributed by atoms with E-state index in [-0.39, 0.29) is 5.75 Å². The van der Waals surface area contributed by atoms with Crippen molar-refractivity contribution in [2.24, 2.45) is 10.3 Å². The zero-order valence-electron chi connectivity index (χ0n) is 8.04. The van der Waals surface area contributed by atoms with Crippen molar-refractivity contribution >= 4 is 20.0 Å². The van der Waals surface area contributed by atoms with Gasteiger partial charge in [0, 0.05) is 0 Å². The minimum atomic E-state index is -3.42. The second-order valence-corrected chi connectivity index (χ2v) is 6.58. The molecule has 0 heterocycles. The molecule has 7 nitrogen and oxygen atoms in total. The van der Waals surface area contributed by atoms with Gasteiger partial charge in [0.05, 0.1) is 17.6 Å². The van der Waals surface area contributed by atoms with Gasteiger partial charge in [-0.05, 0) is 13.8 Å². The van der Waals surface area contributed by atoms with E-state index in [1.807, 2.05) is 0 Å². The van der Waals surface area contributed by atoms with Crippen molar-refractivity contribution in [1.29, 1.82) is 0 Å². The largest absolute Gasteiger partial charge is 0.395 e. The first kappa shape index (κ1) is 16.2. The summed E-state index contributed by atoms with van der Waals surface area (Å²) in [5.74, 6) is -0.354. The molecule has 88 valence electrons. The van der Waals surface area contributed by atoms with E-state index in [4.69, 9.17) is 5.11 Å². The van der Waals surface area contributed by atoms with Crippen LogP contribution in [0.15, 0.2) is 0 Å². The average Bonchev–Trinajstić information content (AvgIpc) is 1.82. The molecule has 9 heteroatoms. The lowest BCUT2D eigenvalue weighted by Crippen LogP contribution is -2.22. The standard InChI is InChI=1S/C3H9NO2S.C2H7NO3S/c1-3(2)7(4,5)6;3-7(5,6)2-1-4/h3H,1-2H3,(H2,4,5,6);4H,1-2H2,(H2,3,5,6). The van der Waals surface area contributed by atoms with Gasteiger partial charge >= 0.3 is 0 Å². The van der Waals surface area contributed by atoms with Gasteiger partial charge in [-0.2, -0.15) is 0 Å². The number of sulfonamides is 2. The summed E-state index contributed by atoms with van der Waals surface area (Å²) >= 11 is 0. The maximum absolute atomic E-state index is 10.1. The van der Waals surface area contributed by atoms with E-state index in [9.17, 15) is 16.8 Å². The molecule has 0 aromatic carbocycles. The van der Waals surface area contributed by atoms with Crippen LogP contribution < -0.4 is 10.3 Å². The van der Waals surface area contributed by atoms with Crippen LogP contribution in [0.4, 0.5) is 0 Å². The molecule has 0 saturated heterocycles. The SMILES string of the molecule is CC(C)S(N)(=O)=O.NS(=O)(=O)CCO. The summed E-state index contributed by atoms with van der Waals surface area (Å²) < 4.78 is 39.9. The Morgan fingerprint density at radius 2 is 1.43 bits per heavy atom. The van der Waals surface area contributed by atoms with Crippen LogP contribution in [0.1, 0.15) is 13.8 Å². The number of hydrogen-bond donors (Lipinski definition) is 3. The summed E-state index contributed by atoms with van der Waals surface area (Å²) in [4.78, 5) is 0. The Hall–Kier alpha value is -0.220. The minimum Gasteiger partial charge on any atom is -0.395 e. The second kappa shape index (κ2) is 6.30. The molecule has 0 aliphatic heterocycles. The van der Waals surface area contributed by atoms with Crippen molar-refractivity contribution in [2.75, 3.05) is 12.4 Å². The highest BCUT2D eigenvalue weighted by molar-refractivity contribution is 7.89. The fourth-order valence-electron chi connectivity index (χ4n) is 0.127. The Labute approximate surface area is 84.2 Å². The van der Waals surface area contributed by atoms with Crippen molar-refractivity contribution in [2.45, 2.75) is 19.1 Å². The number of rotatable bonds is 3. The molecule has 0 saturated carbocycles. The molecule has 0 amide bonds. The molecule has 0 unspecified atom stereocenters. The normalized spacial score (nSPS) is 12.1. The predicted molar refractivity (Wildman–Crippen MR) is 53.3 cm³/mol. The van der Waals surface area contributed by atoms with Gasteiger partial charge in [0.15, 0.2) is 0 Å². The lowest BCUT2D eigenvalue weighted by Gasteiger charge is -1.96. The Balaban J connectivity index is 0. The van der Waals surface area contributed by atoms with Gasteiger partial charge in [0.1, 0.15) is 0 Å². The fourth-order valence-corrected chi connectivity index (χ4v) is 0.382. The summed E-state index contributed by atoms with van der Waals surface area (Å²) in [6.07, 6.45) is 0. The Kier molecular flexibility index (Phi) is 7.30. The third-order valence-corrected chi connectivity index (χ3v) is 3.10. The van der Waals surface area contributed by atoms with Crippen LogP contribution in [-0.4, -0.2) is 39.6 Å². The Bertz CT molecular complexity index is 331. The van der Waals surface area contributed by atoms with Crippen molar-refractivity contribution in [3.63, 3.8) is 0 Å². The van der Waals surface area contributed by atoms with Gasteiger partial charge in [0.2, 0.25) is 20.0 Å². The predicted octanol–water partition coefficient (Wildman–Crippen LogP) is -2.05. The van der Waals surface area contributed by atoms with Gasteiger partial charge in [-0.15, -0.1) is 0 Å². The quantitative estimate of drug-likeness (QED) is 0.527. The molecule has 0 bridgehead atoms. The van der Waals surface area contributed by atoms with Crippen molar-refractivity contribution < 1.29 is 21.9 Å². The molecule has 0 atom stereocenters. The lowest BCUT2D eigenvalue weighted by molar-refractivity contribution is 0.319. The number of aliphatic hydroxyl groups excluding tert-OH is 1. The third-order valence-electron chi connectivity index (χ3n) is 1.03. The molecule has 0 aliphatic rings. The molecule has 0 aliphatic carbocycles. The maximum atomic E-state index is 10.1. The van der Waals surface area contributed by atoms with E-state index in [0.29, 0.717) is 0 Å². The zero-order valence-corrected chi connectivity index (χ0v) is 9.68. The summed E-state index contributed by atoms with van der Waals surface area (Å²) in [5.41, 5.74) is 0. The minimum absolute atomic E-state index is 0.354. The number of nitrogens with two attached hydrogens (primary N) is 2. The van der Waals surface area contributed by atoms with E-state index in [1.54, 1.807) is 0 Å². The van der Waals surface area contributed by atoms with Gasteiger partial charge in [-0.1, -0.05) is 0 Å². The van der Waals surface area contributed by atoms with E-state index in [0.717, 1.165) is 0 Å². The van der Waals surface area contributed by atoms with Crippen LogP contribution in [0.3, 0.4) is 0 Å². The number of aliphatic hydroxyl groups is 1. The van der Waals surface area contributed by atoms with E-state index < -0.39 is 31.9 Å². The molecule has 5 N–H and O–H groups in total. The summed E-state index contributed by atoms with van der Waals surface area (Å²) in [7, 11) is -6.66. The highest BCUT2D eigenvalue weighted by atomic mass is 32.2.